The van der Waals surface area contributed by atoms with Gasteiger partial charge < -0.3 is 4.74 Å². The number of ketones is 1. The van der Waals surface area contributed by atoms with E-state index in [2.05, 4.69) is 6.92 Å². The van der Waals surface area contributed by atoms with Gasteiger partial charge >= 0.3 is 5.97 Å². The fourth-order valence-corrected chi connectivity index (χ4v) is 7.58. The number of esters is 1. The Morgan fingerprint density at radius 2 is 1.85 bits per heavy atom. The third kappa shape index (κ3) is 2.60. The molecule has 3 saturated carbocycles. The van der Waals surface area contributed by atoms with Crippen LogP contribution in [0.25, 0.3) is 0 Å². The summed E-state index contributed by atoms with van der Waals surface area (Å²) in [6, 6.07) is 0. The maximum atomic E-state index is 12.1. The van der Waals surface area contributed by atoms with Crippen LogP contribution in [0.1, 0.15) is 71.1 Å². The van der Waals surface area contributed by atoms with Crippen molar-refractivity contribution in [2.75, 3.05) is 0 Å². The van der Waals surface area contributed by atoms with E-state index < -0.39 is 0 Å². The quantitative estimate of drug-likeness (QED) is 0.558. The number of halogens is 1. The minimum Gasteiger partial charge on any atom is -0.462 e. The van der Waals surface area contributed by atoms with E-state index in [1.54, 1.807) is 0 Å². The second-order valence-corrected chi connectivity index (χ2v) is 10.2. The summed E-state index contributed by atoms with van der Waals surface area (Å²) in [5.41, 5.74) is 1.62. The van der Waals surface area contributed by atoms with Crippen LogP contribution >= 0.6 is 11.6 Å². The van der Waals surface area contributed by atoms with Crippen LogP contribution in [-0.2, 0) is 14.3 Å². The molecule has 4 heteroatoms. The highest BCUT2D eigenvalue weighted by Gasteiger charge is 2.60. The molecule has 0 spiro atoms. The molecular formula is C22H29ClO3. The highest BCUT2D eigenvalue weighted by atomic mass is 35.5. The van der Waals surface area contributed by atoms with E-state index in [1.165, 1.54) is 18.4 Å². The van der Waals surface area contributed by atoms with Crippen LogP contribution in [-0.4, -0.2) is 17.9 Å². The molecule has 5 rings (SSSR count). The number of carbonyl (C=O) groups excluding carboxylic acids is 2. The number of allylic oxidation sites excluding steroid dienone is 2. The minimum atomic E-state index is 0.0164. The number of carbonyl (C=O) groups is 2. The molecule has 4 aliphatic carbocycles. The topological polar surface area (TPSA) is 43.4 Å². The van der Waals surface area contributed by atoms with Crippen molar-refractivity contribution in [3.8, 4) is 0 Å². The molecule has 26 heavy (non-hydrogen) atoms. The highest BCUT2D eigenvalue weighted by Crippen LogP contribution is 2.64. The van der Waals surface area contributed by atoms with Gasteiger partial charge in [-0.3, -0.25) is 9.59 Å². The summed E-state index contributed by atoms with van der Waals surface area (Å²) >= 11 is 6.43. The van der Waals surface area contributed by atoms with E-state index >= 15 is 0 Å². The van der Waals surface area contributed by atoms with Crippen molar-refractivity contribution in [1.82, 2.24) is 0 Å². The van der Waals surface area contributed by atoms with Gasteiger partial charge in [0.15, 0.2) is 5.78 Å². The van der Waals surface area contributed by atoms with E-state index in [0.29, 0.717) is 52.9 Å². The molecule has 142 valence electrons. The molecular weight excluding hydrogens is 348 g/mol. The molecule has 3 nitrogen and oxygen atoms in total. The molecule has 0 amide bonds. The first kappa shape index (κ1) is 17.3. The molecule has 1 aliphatic heterocycles. The van der Waals surface area contributed by atoms with Crippen molar-refractivity contribution in [3.63, 3.8) is 0 Å². The molecule has 0 aromatic carbocycles. The Kier molecular flexibility index (Phi) is 4.05. The van der Waals surface area contributed by atoms with Gasteiger partial charge in [-0.05, 0) is 86.0 Å². The first-order chi connectivity index (χ1) is 12.5. The number of hydrogen-bond donors (Lipinski definition) is 0. The van der Waals surface area contributed by atoms with Crippen LogP contribution in [0.5, 0.6) is 0 Å². The lowest BCUT2D eigenvalue weighted by Gasteiger charge is -2.55. The summed E-state index contributed by atoms with van der Waals surface area (Å²) in [5.74, 6) is 3.34. The zero-order valence-electron chi connectivity index (χ0n) is 15.6. The summed E-state index contributed by atoms with van der Waals surface area (Å²) in [7, 11) is 0. The maximum Gasteiger partial charge on any atom is 0.306 e. The van der Waals surface area contributed by atoms with Crippen LogP contribution in [0.4, 0.5) is 0 Å². The molecule has 4 fully saturated rings. The zero-order chi connectivity index (χ0) is 18.1. The van der Waals surface area contributed by atoms with Crippen molar-refractivity contribution < 1.29 is 14.3 Å². The summed E-state index contributed by atoms with van der Waals surface area (Å²) in [6.07, 6.45) is 10.3. The summed E-state index contributed by atoms with van der Waals surface area (Å²) < 4.78 is 5.74. The van der Waals surface area contributed by atoms with Gasteiger partial charge in [0, 0.05) is 18.8 Å². The van der Waals surface area contributed by atoms with Crippen LogP contribution in [0.15, 0.2) is 10.6 Å². The number of hydrogen-bond acceptors (Lipinski definition) is 3. The normalized spacial score (nSPS) is 48.1. The second-order valence-electron chi connectivity index (χ2n) is 9.77. The van der Waals surface area contributed by atoms with Crippen LogP contribution in [0.3, 0.4) is 0 Å². The monoisotopic (exact) mass is 376 g/mol. The molecule has 1 saturated heterocycles. The van der Waals surface area contributed by atoms with Gasteiger partial charge in [-0.2, -0.15) is 0 Å². The predicted octanol–water partition coefficient (Wildman–Crippen LogP) is 5.02. The van der Waals surface area contributed by atoms with E-state index in [1.807, 2.05) is 0 Å². The largest absolute Gasteiger partial charge is 0.462 e. The zero-order valence-corrected chi connectivity index (χ0v) is 16.4. The minimum absolute atomic E-state index is 0.0164. The van der Waals surface area contributed by atoms with Crippen molar-refractivity contribution in [2.24, 2.45) is 35.0 Å². The fraction of sp³-hybridized carbons (Fsp3) is 0.818. The van der Waals surface area contributed by atoms with Gasteiger partial charge in [0.1, 0.15) is 6.10 Å². The Hall–Kier alpha value is -0.830. The summed E-state index contributed by atoms with van der Waals surface area (Å²) in [4.78, 5) is 24.1. The van der Waals surface area contributed by atoms with E-state index in [0.717, 1.165) is 38.5 Å². The Labute approximate surface area is 160 Å². The van der Waals surface area contributed by atoms with Crippen LogP contribution < -0.4 is 0 Å². The van der Waals surface area contributed by atoms with Gasteiger partial charge in [-0.25, -0.2) is 0 Å². The molecule has 0 aromatic heterocycles. The van der Waals surface area contributed by atoms with Gasteiger partial charge in [-0.1, -0.05) is 18.5 Å². The molecule has 7 atom stereocenters. The van der Waals surface area contributed by atoms with E-state index in [9.17, 15) is 9.59 Å². The van der Waals surface area contributed by atoms with Gasteiger partial charge in [0.25, 0.3) is 0 Å². The Morgan fingerprint density at radius 3 is 2.69 bits per heavy atom. The molecule has 0 radical (unpaired) electrons. The second kappa shape index (κ2) is 6.09. The van der Waals surface area contributed by atoms with Gasteiger partial charge in [0.2, 0.25) is 0 Å². The molecule has 0 N–H and O–H groups in total. The van der Waals surface area contributed by atoms with Crippen LogP contribution in [0.2, 0.25) is 0 Å². The number of Topliss-reactive ketones (excluding diaryl/α,β-unsaturated/α-hetero) is 1. The standard InChI is InChI=1S/C22H29ClO3/c1-22-9-2-3-19(25)26-18-11-16(18)20(22)14-4-5-15-12(13(14)8-10-22)6-7-17(24)21(15)23/h12-14,16,18,20H,2-11H2,1H3/t12?,13?,14?,16?,18-,20?,22?/m1/s1. The van der Waals surface area contributed by atoms with Crippen molar-refractivity contribution in [3.05, 3.63) is 10.6 Å². The third-order valence-corrected chi connectivity index (χ3v) is 8.89. The molecule has 1 heterocycles. The average molecular weight is 377 g/mol. The Morgan fingerprint density at radius 1 is 1.00 bits per heavy atom. The van der Waals surface area contributed by atoms with Gasteiger partial charge in [-0.15, -0.1) is 0 Å². The molecule has 6 unspecified atom stereocenters. The lowest BCUT2D eigenvalue weighted by Crippen LogP contribution is -2.48. The fourth-order valence-electron chi connectivity index (χ4n) is 7.25. The van der Waals surface area contributed by atoms with Crippen molar-refractivity contribution in [2.45, 2.75) is 77.2 Å². The van der Waals surface area contributed by atoms with E-state index in [4.69, 9.17) is 16.3 Å². The third-order valence-electron chi connectivity index (χ3n) is 8.44. The summed E-state index contributed by atoms with van der Waals surface area (Å²) in [6.45, 7) is 2.49. The Bertz CT molecular complexity index is 683. The lowest BCUT2D eigenvalue weighted by molar-refractivity contribution is -0.145. The predicted molar refractivity (Wildman–Crippen MR) is 99.5 cm³/mol. The number of rotatable bonds is 0. The number of ether oxygens (including phenoxy) is 1. The average Bonchev–Trinajstić information content (AvgIpc) is 3.34. The number of fused-ring (bicyclic) bond motifs is 7. The van der Waals surface area contributed by atoms with Crippen LogP contribution in [0, 0.1) is 35.0 Å². The summed E-state index contributed by atoms with van der Waals surface area (Å²) in [5, 5.41) is 0.570. The van der Waals surface area contributed by atoms with E-state index in [-0.39, 0.29) is 17.9 Å². The first-order valence-electron chi connectivity index (χ1n) is 10.6. The maximum absolute atomic E-state index is 12.1. The lowest BCUT2D eigenvalue weighted by atomic mass is 9.49. The molecule has 5 aliphatic rings. The SMILES string of the molecule is CC12CCCC(=O)O[C@@H]3CC3C1C1CCC3=C(Cl)C(=O)CCC3C1CC2. The van der Waals surface area contributed by atoms with Gasteiger partial charge in [0.05, 0.1) is 5.03 Å². The van der Waals surface area contributed by atoms with Crippen molar-refractivity contribution >= 4 is 23.4 Å². The molecule has 0 aromatic rings. The Balaban J connectivity index is 1.47. The highest BCUT2D eigenvalue weighted by molar-refractivity contribution is 6.43. The smallest absolute Gasteiger partial charge is 0.306 e. The molecule has 0 bridgehead atoms. The van der Waals surface area contributed by atoms with Crippen molar-refractivity contribution in [1.29, 1.82) is 0 Å². The first-order valence-corrected chi connectivity index (χ1v) is 11.0.